The predicted octanol–water partition coefficient (Wildman–Crippen LogP) is 6.29. The molecule has 174 valence electrons. The second-order valence-electron chi connectivity index (χ2n) is 7.39. The van der Waals surface area contributed by atoms with Gasteiger partial charge >= 0.3 is 0 Å². The summed E-state index contributed by atoms with van der Waals surface area (Å²) in [5.41, 5.74) is 3.41. The molecule has 0 bridgehead atoms. The zero-order valence-corrected chi connectivity index (χ0v) is 20.8. The molecule has 0 spiro atoms. The molecule has 1 amide bonds. The number of benzene rings is 3. The Hall–Kier alpha value is -3.76. The van der Waals surface area contributed by atoms with Gasteiger partial charge in [-0.2, -0.15) is 5.26 Å². The number of aryl methyl sites for hydroxylation is 1. The van der Waals surface area contributed by atoms with Crippen LogP contribution in [0.3, 0.4) is 0 Å². The fourth-order valence-corrected chi connectivity index (χ4v) is 3.75. The van der Waals surface area contributed by atoms with Gasteiger partial charge in [-0.25, -0.2) is 0 Å². The highest BCUT2D eigenvalue weighted by molar-refractivity contribution is 9.10. The minimum absolute atomic E-state index is 0.0424. The highest BCUT2D eigenvalue weighted by atomic mass is 79.9. The monoisotopic (exact) mass is 520 g/mol. The number of carbonyl (C=O) groups excluding carboxylic acids is 1. The molecule has 3 rings (SSSR count). The van der Waals surface area contributed by atoms with Crippen LogP contribution in [0.15, 0.2) is 70.7 Å². The summed E-state index contributed by atoms with van der Waals surface area (Å²) >= 11 is 3.44. The van der Waals surface area contributed by atoms with Gasteiger partial charge in [0, 0.05) is 5.69 Å². The number of hydrogen-bond acceptors (Lipinski definition) is 5. The Morgan fingerprint density at radius 3 is 2.41 bits per heavy atom. The predicted molar refractivity (Wildman–Crippen MR) is 136 cm³/mol. The van der Waals surface area contributed by atoms with E-state index in [1.807, 2.05) is 44.2 Å². The number of carbonyl (C=O) groups is 1. The minimum atomic E-state index is -0.513. The molecular formula is C27H25BrN2O4. The summed E-state index contributed by atoms with van der Waals surface area (Å²) < 4.78 is 17.4. The first-order valence-corrected chi connectivity index (χ1v) is 11.4. The molecule has 34 heavy (non-hydrogen) atoms. The quantitative estimate of drug-likeness (QED) is 0.265. The molecule has 0 fully saturated rings. The maximum absolute atomic E-state index is 12.7. The maximum atomic E-state index is 12.7. The second-order valence-corrected chi connectivity index (χ2v) is 8.24. The average Bonchev–Trinajstić information content (AvgIpc) is 2.83. The normalized spacial score (nSPS) is 10.9. The van der Waals surface area contributed by atoms with E-state index in [-0.39, 0.29) is 5.57 Å². The third kappa shape index (κ3) is 6.63. The molecule has 7 heteroatoms. The number of ether oxygens (including phenoxy) is 3. The average molecular weight is 521 g/mol. The highest BCUT2D eigenvalue weighted by Gasteiger charge is 2.14. The van der Waals surface area contributed by atoms with E-state index in [0.717, 1.165) is 5.56 Å². The van der Waals surface area contributed by atoms with Crippen LogP contribution in [0.5, 0.6) is 17.2 Å². The SMILES string of the molecule is CCOc1cc(/C=C(\C#N)C(=O)Nc2ccc(OCc3ccc(C)cc3)cc2)cc(Br)c1OC. The minimum Gasteiger partial charge on any atom is -0.492 e. The Kier molecular flexibility index (Phi) is 8.72. The number of hydrogen-bond donors (Lipinski definition) is 1. The Morgan fingerprint density at radius 1 is 1.09 bits per heavy atom. The summed E-state index contributed by atoms with van der Waals surface area (Å²) in [6.07, 6.45) is 1.50. The van der Waals surface area contributed by atoms with Crippen molar-refractivity contribution in [2.24, 2.45) is 0 Å². The van der Waals surface area contributed by atoms with Crippen molar-refractivity contribution in [3.8, 4) is 23.3 Å². The van der Waals surface area contributed by atoms with E-state index in [2.05, 4.69) is 21.2 Å². The standard InChI is InChI=1S/C27H25BrN2O4/c1-4-33-25-15-20(14-24(28)26(25)32-3)13-21(16-29)27(31)30-22-9-11-23(12-10-22)34-17-19-7-5-18(2)6-8-19/h5-15H,4,17H2,1-3H3,(H,30,31)/b21-13+. The summed E-state index contributed by atoms with van der Waals surface area (Å²) in [7, 11) is 1.55. The maximum Gasteiger partial charge on any atom is 0.266 e. The van der Waals surface area contributed by atoms with Gasteiger partial charge in [0.2, 0.25) is 0 Å². The Morgan fingerprint density at radius 2 is 1.79 bits per heavy atom. The van der Waals surface area contributed by atoms with E-state index < -0.39 is 5.91 Å². The fourth-order valence-electron chi connectivity index (χ4n) is 3.13. The molecule has 0 aromatic heterocycles. The highest BCUT2D eigenvalue weighted by Crippen LogP contribution is 2.37. The van der Waals surface area contributed by atoms with Gasteiger partial charge < -0.3 is 19.5 Å². The molecule has 0 aliphatic carbocycles. The summed E-state index contributed by atoms with van der Waals surface area (Å²) in [6.45, 7) is 4.81. The third-order valence-electron chi connectivity index (χ3n) is 4.85. The van der Waals surface area contributed by atoms with Gasteiger partial charge in [-0.15, -0.1) is 0 Å². The number of nitrogens with one attached hydrogen (secondary N) is 1. The van der Waals surface area contributed by atoms with Crippen LogP contribution in [0.25, 0.3) is 6.08 Å². The summed E-state index contributed by atoms with van der Waals surface area (Å²) in [5, 5.41) is 12.3. The van der Waals surface area contributed by atoms with Crippen LogP contribution in [0.1, 0.15) is 23.6 Å². The molecule has 0 radical (unpaired) electrons. The van der Waals surface area contributed by atoms with E-state index in [9.17, 15) is 10.1 Å². The van der Waals surface area contributed by atoms with Gasteiger partial charge in [0.1, 0.15) is 24.0 Å². The van der Waals surface area contributed by atoms with Gasteiger partial charge in [0.05, 0.1) is 18.2 Å². The van der Waals surface area contributed by atoms with Crippen LogP contribution < -0.4 is 19.5 Å². The zero-order chi connectivity index (χ0) is 24.5. The smallest absolute Gasteiger partial charge is 0.266 e. The Balaban J connectivity index is 1.68. The van der Waals surface area contributed by atoms with Crippen molar-refractivity contribution in [2.45, 2.75) is 20.5 Å². The molecule has 0 saturated heterocycles. The molecule has 6 nitrogen and oxygen atoms in total. The lowest BCUT2D eigenvalue weighted by Crippen LogP contribution is -2.13. The lowest BCUT2D eigenvalue weighted by Gasteiger charge is -2.12. The van der Waals surface area contributed by atoms with Crippen molar-refractivity contribution in [2.75, 3.05) is 19.0 Å². The van der Waals surface area contributed by atoms with E-state index in [4.69, 9.17) is 14.2 Å². The van der Waals surface area contributed by atoms with Crippen molar-refractivity contribution in [1.29, 1.82) is 5.26 Å². The van der Waals surface area contributed by atoms with Gasteiger partial charge in [-0.3, -0.25) is 4.79 Å². The first kappa shape index (κ1) is 24.9. The molecular weight excluding hydrogens is 496 g/mol. The Bertz CT molecular complexity index is 1210. The van der Waals surface area contributed by atoms with E-state index in [0.29, 0.717) is 46.2 Å². The van der Waals surface area contributed by atoms with Gasteiger partial charge in [-0.1, -0.05) is 29.8 Å². The van der Waals surface area contributed by atoms with Crippen LogP contribution in [-0.4, -0.2) is 19.6 Å². The molecule has 3 aromatic carbocycles. The lowest BCUT2D eigenvalue weighted by molar-refractivity contribution is -0.112. The van der Waals surface area contributed by atoms with E-state index in [1.165, 1.54) is 11.6 Å². The van der Waals surface area contributed by atoms with Crippen LogP contribution in [0.2, 0.25) is 0 Å². The molecule has 0 aliphatic heterocycles. The summed E-state index contributed by atoms with van der Waals surface area (Å²) in [5.74, 6) is 1.23. The molecule has 3 aromatic rings. The van der Waals surface area contributed by atoms with Gasteiger partial charge in [-0.05, 0) is 83.4 Å². The number of halogens is 1. The first-order chi connectivity index (χ1) is 16.4. The number of rotatable bonds is 9. The topological polar surface area (TPSA) is 80.6 Å². The lowest BCUT2D eigenvalue weighted by atomic mass is 10.1. The summed E-state index contributed by atoms with van der Waals surface area (Å²) in [6, 6.07) is 20.6. The summed E-state index contributed by atoms with van der Waals surface area (Å²) in [4.78, 5) is 12.7. The van der Waals surface area contributed by atoms with Crippen molar-refractivity contribution >= 4 is 33.6 Å². The largest absolute Gasteiger partial charge is 0.492 e. The van der Waals surface area contributed by atoms with E-state index in [1.54, 1.807) is 43.5 Å². The van der Waals surface area contributed by atoms with Crippen molar-refractivity contribution in [3.63, 3.8) is 0 Å². The Labute approximate surface area is 207 Å². The zero-order valence-electron chi connectivity index (χ0n) is 19.2. The molecule has 0 aliphatic rings. The second kappa shape index (κ2) is 11.9. The van der Waals surface area contributed by atoms with Crippen LogP contribution in [0, 0.1) is 18.3 Å². The van der Waals surface area contributed by atoms with Crippen LogP contribution in [-0.2, 0) is 11.4 Å². The number of anilines is 1. The van der Waals surface area contributed by atoms with Crippen LogP contribution >= 0.6 is 15.9 Å². The number of nitrogens with zero attached hydrogens (tertiary/aromatic N) is 1. The number of amides is 1. The molecule has 0 atom stereocenters. The number of methoxy groups -OCH3 is 1. The molecule has 1 N–H and O–H groups in total. The van der Waals surface area contributed by atoms with E-state index >= 15 is 0 Å². The molecule has 0 unspecified atom stereocenters. The van der Waals surface area contributed by atoms with Crippen molar-refractivity contribution in [3.05, 3.63) is 87.4 Å². The fraction of sp³-hybridized carbons (Fsp3) is 0.185. The van der Waals surface area contributed by atoms with Gasteiger partial charge in [0.25, 0.3) is 5.91 Å². The first-order valence-electron chi connectivity index (χ1n) is 10.7. The van der Waals surface area contributed by atoms with Gasteiger partial charge in [0.15, 0.2) is 11.5 Å². The van der Waals surface area contributed by atoms with Crippen molar-refractivity contribution in [1.82, 2.24) is 0 Å². The third-order valence-corrected chi connectivity index (χ3v) is 5.44. The van der Waals surface area contributed by atoms with Crippen molar-refractivity contribution < 1.29 is 19.0 Å². The van der Waals surface area contributed by atoms with Crippen LogP contribution in [0.4, 0.5) is 5.69 Å². The molecule has 0 saturated carbocycles. The molecule has 0 heterocycles. The number of nitriles is 1.